The van der Waals surface area contributed by atoms with Crippen LogP contribution in [0.5, 0.6) is 0 Å². The molecule has 22 heavy (non-hydrogen) atoms. The van der Waals surface area contributed by atoms with Crippen LogP contribution in [0.1, 0.15) is 30.6 Å². The number of hydrogen-bond donors (Lipinski definition) is 1. The molecule has 0 unspecified atom stereocenters. The van der Waals surface area contributed by atoms with Crippen LogP contribution in [0, 0.1) is 6.92 Å². The van der Waals surface area contributed by atoms with E-state index in [0.717, 1.165) is 30.6 Å². The molecule has 1 aromatic heterocycles. The number of rotatable bonds is 7. The lowest BCUT2D eigenvalue weighted by atomic mass is 10.2. The predicted octanol–water partition coefficient (Wildman–Crippen LogP) is 1.54. The van der Waals surface area contributed by atoms with Crippen LogP contribution in [0.25, 0.3) is 0 Å². The Bertz CT molecular complexity index is 703. The van der Waals surface area contributed by atoms with Gasteiger partial charge in [0.2, 0.25) is 20.0 Å². The third kappa shape index (κ3) is 4.51. The van der Waals surface area contributed by atoms with Crippen molar-refractivity contribution in [1.82, 2.24) is 9.03 Å². The van der Waals surface area contributed by atoms with E-state index in [1.54, 1.807) is 12.1 Å². The molecule has 0 atom stereocenters. The van der Waals surface area contributed by atoms with Crippen LogP contribution >= 0.6 is 11.3 Å². The molecular formula is C13H22N2O4S3. The molecule has 0 aromatic carbocycles. The molecule has 0 radical (unpaired) electrons. The van der Waals surface area contributed by atoms with Crippen LogP contribution in [0.3, 0.4) is 0 Å². The molecule has 0 saturated heterocycles. The average molecular weight is 367 g/mol. The summed E-state index contributed by atoms with van der Waals surface area (Å²) in [5, 5.41) is 0. The van der Waals surface area contributed by atoms with Crippen LogP contribution in [-0.2, 0) is 20.0 Å². The van der Waals surface area contributed by atoms with E-state index in [1.165, 1.54) is 21.9 Å². The first-order chi connectivity index (χ1) is 10.2. The van der Waals surface area contributed by atoms with Crippen molar-refractivity contribution >= 4 is 31.4 Å². The van der Waals surface area contributed by atoms with Crippen molar-refractivity contribution in [2.75, 3.05) is 19.3 Å². The minimum atomic E-state index is -3.56. The molecule has 1 heterocycles. The Morgan fingerprint density at radius 2 is 1.86 bits per heavy atom. The van der Waals surface area contributed by atoms with Gasteiger partial charge in [-0.05, 0) is 31.9 Å². The molecular weight excluding hydrogens is 344 g/mol. The molecule has 2 rings (SSSR count). The van der Waals surface area contributed by atoms with Gasteiger partial charge < -0.3 is 0 Å². The molecule has 6 nitrogen and oxygen atoms in total. The summed E-state index contributed by atoms with van der Waals surface area (Å²) < 4.78 is 52.2. The Morgan fingerprint density at radius 3 is 2.36 bits per heavy atom. The Morgan fingerprint density at radius 1 is 1.23 bits per heavy atom. The third-order valence-electron chi connectivity index (χ3n) is 3.76. The Kier molecular flexibility index (Phi) is 5.65. The highest BCUT2D eigenvalue weighted by Crippen LogP contribution is 2.25. The van der Waals surface area contributed by atoms with Crippen molar-refractivity contribution in [2.45, 2.75) is 42.9 Å². The zero-order valence-corrected chi connectivity index (χ0v) is 15.2. The summed E-state index contributed by atoms with van der Waals surface area (Å²) in [4.78, 5) is 0.920. The first-order valence-corrected chi connectivity index (χ1v) is 11.4. The topological polar surface area (TPSA) is 83.6 Å². The number of nitrogens with zero attached hydrogens (tertiary/aromatic N) is 1. The van der Waals surface area contributed by atoms with Gasteiger partial charge in [-0.2, -0.15) is 4.31 Å². The zero-order valence-electron chi connectivity index (χ0n) is 12.8. The van der Waals surface area contributed by atoms with Gasteiger partial charge in [0.25, 0.3) is 0 Å². The first-order valence-electron chi connectivity index (χ1n) is 7.23. The SMILES string of the molecule is Cc1ccc(S(=O)(=O)NCCN(C2CCCC2)S(C)(=O)=O)s1. The molecule has 0 spiro atoms. The predicted molar refractivity (Wildman–Crippen MR) is 88.1 cm³/mol. The summed E-state index contributed by atoms with van der Waals surface area (Å²) in [5.41, 5.74) is 0. The lowest BCUT2D eigenvalue weighted by molar-refractivity contribution is 0.328. The second-order valence-corrected chi connectivity index (χ2v) is 10.8. The van der Waals surface area contributed by atoms with Gasteiger partial charge in [0.05, 0.1) is 6.26 Å². The summed E-state index contributed by atoms with van der Waals surface area (Å²) >= 11 is 1.20. The van der Waals surface area contributed by atoms with E-state index < -0.39 is 20.0 Å². The standard InChI is InChI=1S/C13H22N2O4S3/c1-11-7-8-13(20-11)22(18,19)14-9-10-15(21(2,16)17)12-5-3-4-6-12/h7-8,12,14H,3-6,9-10H2,1-2H3. The number of hydrogen-bond acceptors (Lipinski definition) is 5. The molecule has 0 bridgehead atoms. The summed E-state index contributed by atoms with van der Waals surface area (Å²) in [7, 11) is -6.88. The lowest BCUT2D eigenvalue weighted by Crippen LogP contribution is -2.43. The second kappa shape index (κ2) is 6.96. The maximum atomic E-state index is 12.1. The smallest absolute Gasteiger partial charge is 0.212 e. The normalized spacial score (nSPS) is 17.4. The maximum Gasteiger partial charge on any atom is 0.250 e. The highest BCUT2D eigenvalue weighted by atomic mass is 32.2. The van der Waals surface area contributed by atoms with Crippen LogP contribution in [0.15, 0.2) is 16.3 Å². The number of nitrogens with one attached hydrogen (secondary N) is 1. The summed E-state index contributed by atoms with van der Waals surface area (Å²) in [6.07, 6.45) is 4.93. The molecule has 1 aliphatic carbocycles. The van der Waals surface area contributed by atoms with Gasteiger partial charge in [-0.15, -0.1) is 11.3 Å². The molecule has 9 heteroatoms. The minimum absolute atomic E-state index is 0.00323. The quantitative estimate of drug-likeness (QED) is 0.793. The zero-order chi connectivity index (χ0) is 16.4. The molecule has 126 valence electrons. The highest BCUT2D eigenvalue weighted by molar-refractivity contribution is 7.91. The number of aryl methyl sites for hydroxylation is 1. The molecule has 0 aliphatic heterocycles. The van der Waals surface area contributed by atoms with Gasteiger partial charge in [-0.1, -0.05) is 12.8 Å². The van der Waals surface area contributed by atoms with Crippen LogP contribution < -0.4 is 4.72 Å². The van der Waals surface area contributed by atoms with Gasteiger partial charge in [0, 0.05) is 24.0 Å². The Labute approximate surface area is 136 Å². The average Bonchev–Trinajstić information content (AvgIpc) is 3.04. The van der Waals surface area contributed by atoms with Gasteiger partial charge in [0.1, 0.15) is 4.21 Å². The van der Waals surface area contributed by atoms with E-state index in [2.05, 4.69) is 4.72 Å². The van der Waals surface area contributed by atoms with Crippen LogP contribution in [0.2, 0.25) is 0 Å². The van der Waals surface area contributed by atoms with E-state index in [1.807, 2.05) is 6.92 Å². The molecule has 1 aliphatic rings. The van der Waals surface area contributed by atoms with E-state index in [4.69, 9.17) is 0 Å². The first kappa shape index (κ1) is 17.9. The van der Waals surface area contributed by atoms with E-state index in [0.29, 0.717) is 0 Å². The van der Waals surface area contributed by atoms with Gasteiger partial charge in [0.15, 0.2) is 0 Å². The molecule has 1 saturated carbocycles. The van der Waals surface area contributed by atoms with Crippen LogP contribution in [-0.4, -0.2) is 46.5 Å². The third-order valence-corrected chi connectivity index (χ3v) is 8.05. The van der Waals surface area contributed by atoms with Crippen molar-refractivity contribution in [3.63, 3.8) is 0 Å². The summed E-state index contributed by atoms with van der Waals surface area (Å²) in [6.45, 7) is 2.10. The van der Waals surface area contributed by atoms with Crippen molar-refractivity contribution in [3.8, 4) is 0 Å². The van der Waals surface area contributed by atoms with Crippen molar-refractivity contribution in [2.24, 2.45) is 0 Å². The number of sulfonamides is 2. The monoisotopic (exact) mass is 366 g/mol. The van der Waals surface area contributed by atoms with Crippen molar-refractivity contribution in [3.05, 3.63) is 17.0 Å². The van der Waals surface area contributed by atoms with E-state index in [9.17, 15) is 16.8 Å². The fourth-order valence-corrected chi connectivity index (χ4v) is 6.25. The van der Waals surface area contributed by atoms with E-state index in [-0.39, 0.29) is 23.3 Å². The summed E-state index contributed by atoms with van der Waals surface area (Å²) in [6, 6.07) is 3.32. The molecule has 0 amide bonds. The molecule has 1 fully saturated rings. The molecule has 1 N–H and O–H groups in total. The van der Waals surface area contributed by atoms with Crippen molar-refractivity contribution in [1.29, 1.82) is 0 Å². The second-order valence-electron chi connectivity index (χ2n) is 5.57. The van der Waals surface area contributed by atoms with Gasteiger partial charge >= 0.3 is 0 Å². The maximum absolute atomic E-state index is 12.1. The summed E-state index contributed by atoms with van der Waals surface area (Å²) in [5.74, 6) is 0. The van der Waals surface area contributed by atoms with Crippen LogP contribution in [0.4, 0.5) is 0 Å². The number of thiophene rings is 1. The minimum Gasteiger partial charge on any atom is -0.212 e. The molecule has 1 aromatic rings. The highest BCUT2D eigenvalue weighted by Gasteiger charge is 2.29. The Hall–Kier alpha value is -0.480. The van der Waals surface area contributed by atoms with Gasteiger partial charge in [-0.3, -0.25) is 0 Å². The fourth-order valence-electron chi connectivity index (χ4n) is 2.73. The largest absolute Gasteiger partial charge is 0.250 e. The fraction of sp³-hybridized carbons (Fsp3) is 0.692. The Balaban J connectivity index is 1.98. The van der Waals surface area contributed by atoms with Gasteiger partial charge in [-0.25, -0.2) is 21.6 Å². The van der Waals surface area contributed by atoms with E-state index >= 15 is 0 Å². The lowest BCUT2D eigenvalue weighted by Gasteiger charge is -2.26. The van der Waals surface area contributed by atoms with Crippen molar-refractivity contribution < 1.29 is 16.8 Å².